The van der Waals surface area contributed by atoms with Gasteiger partial charge in [-0.3, -0.25) is 18.4 Å². The first kappa shape index (κ1) is 20.6. The summed E-state index contributed by atoms with van der Waals surface area (Å²) in [6.07, 6.45) is 1.01. The van der Waals surface area contributed by atoms with Crippen molar-refractivity contribution in [3.05, 3.63) is 117 Å². The minimum Gasteiger partial charge on any atom is -0.269 e. The van der Waals surface area contributed by atoms with Gasteiger partial charge < -0.3 is 0 Å². The van der Waals surface area contributed by atoms with Crippen LogP contribution in [0.1, 0.15) is 11.1 Å². The summed E-state index contributed by atoms with van der Waals surface area (Å²) in [6, 6.07) is 28.3. The van der Waals surface area contributed by atoms with Gasteiger partial charge >= 0.3 is 0 Å². The van der Waals surface area contributed by atoms with Crippen molar-refractivity contribution in [2.24, 2.45) is 0 Å². The third kappa shape index (κ3) is 2.25. The van der Waals surface area contributed by atoms with Crippen molar-refractivity contribution in [2.45, 2.75) is 12.8 Å². The van der Waals surface area contributed by atoms with E-state index in [2.05, 4.69) is 36.4 Å². The van der Waals surface area contributed by atoms with Crippen LogP contribution in [-0.2, 0) is 12.8 Å². The fourth-order valence-corrected chi connectivity index (χ4v) is 7.29. The number of benzene rings is 5. The summed E-state index contributed by atoms with van der Waals surface area (Å²) >= 11 is 0. The summed E-state index contributed by atoms with van der Waals surface area (Å²) in [5.41, 5.74) is 6.02. The molecule has 1 aliphatic carbocycles. The van der Waals surface area contributed by atoms with Crippen molar-refractivity contribution in [1.29, 1.82) is 0 Å². The van der Waals surface area contributed by atoms with E-state index in [1.807, 2.05) is 48.5 Å². The highest BCUT2D eigenvalue weighted by Crippen LogP contribution is 2.38. The van der Waals surface area contributed by atoms with Crippen molar-refractivity contribution in [3.63, 3.8) is 0 Å². The van der Waals surface area contributed by atoms with Crippen LogP contribution >= 0.6 is 0 Å². The molecule has 0 bridgehead atoms. The van der Waals surface area contributed by atoms with E-state index < -0.39 is 0 Å². The molecule has 0 spiro atoms. The highest BCUT2D eigenvalue weighted by Gasteiger charge is 2.27. The van der Waals surface area contributed by atoms with Crippen LogP contribution in [0.15, 0.2) is 94.5 Å². The number of aryl methyl sites for hydroxylation is 2. The Balaban J connectivity index is 1.49. The molecule has 9 aromatic rings. The highest BCUT2D eigenvalue weighted by molar-refractivity contribution is 6.20. The van der Waals surface area contributed by atoms with E-state index in [1.165, 1.54) is 0 Å². The van der Waals surface area contributed by atoms with Gasteiger partial charge in [0.1, 0.15) is 11.3 Å². The van der Waals surface area contributed by atoms with Crippen LogP contribution in [0.2, 0.25) is 0 Å². The largest absolute Gasteiger partial charge is 0.269 e. The predicted octanol–water partition coefficient (Wildman–Crippen LogP) is 6.16. The number of fused-ring (bicyclic) bond motifs is 6. The molecule has 0 unspecified atom stereocenters. The lowest BCUT2D eigenvalue weighted by Crippen LogP contribution is -2.27. The molecule has 4 heterocycles. The topological polar surface area (TPSA) is 68.7 Å². The van der Waals surface area contributed by atoms with Crippen molar-refractivity contribution < 1.29 is 0 Å². The third-order valence-corrected chi connectivity index (χ3v) is 8.92. The highest BCUT2D eigenvalue weighted by atomic mass is 16.1. The van der Waals surface area contributed by atoms with Gasteiger partial charge in [0.2, 0.25) is 0 Å². The SMILES string of the molecule is O=c1c2c3c(ccc4c3c(c(=O)n3c5cccc6cccc(nc43)c65)CC2)c2nc3cccc4cccc(c43)n12. The van der Waals surface area contributed by atoms with Gasteiger partial charge in [0.05, 0.1) is 22.1 Å². The second kappa shape index (κ2) is 6.79. The summed E-state index contributed by atoms with van der Waals surface area (Å²) in [5, 5.41) is 7.56. The zero-order valence-electron chi connectivity index (χ0n) is 21.1. The van der Waals surface area contributed by atoms with Crippen LogP contribution in [0.5, 0.6) is 0 Å². The van der Waals surface area contributed by atoms with Gasteiger partial charge in [-0.05, 0) is 60.0 Å². The van der Waals surface area contributed by atoms with Gasteiger partial charge in [-0.15, -0.1) is 0 Å². The molecule has 6 nitrogen and oxygen atoms in total. The lowest BCUT2D eigenvalue weighted by atomic mass is 9.87. The maximum absolute atomic E-state index is 14.2. The smallest absolute Gasteiger partial charge is 0.260 e. The Hall–Kier alpha value is -5.36. The number of aromatic nitrogens is 4. The van der Waals surface area contributed by atoms with Crippen molar-refractivity contribution in [1.82, 2.24) is 18.8 Å². The second-order valence-electron chi connectivity index (χ2n) is 10.8. The predicted molar refractivity (Wildman–Crippen MR) is 160 cm³/mol. The fraction of sp³-hybridized carbons (Fsp3) is 0.0588. The van der Waals surface area contributed by atoms with E-state index in [1.54, 1.807) is 8.80 Å². The first-order chi connectivity index (χ1) is 19.7. The summed E-state index contributed by atoms with van der Waals surface area (Å²) in [5.74, 6) is 0. The van der Waals surface area contributed by atoms with Crippen LogP contribution in [0.25, 0.3) is 76.5 Å². The molecule has 6 heteroatoms. The van der Waals surface area contributed by atoms with E-state index in [0.717, 1.165) is 76.3 Å². The number of nitrogens with zero attached hydrogens (tertiary/aromatic N) is 4. The minimum absolute atomic E-state index is 0.0590. The maximum Gasteiger partial charge on any atom is 0.260 e. The molecule has 0 saturated carbocycles. The average Bonchev–Trinajstić information content (AvgIpc) is 2.99. The number of hydrogen-bond acceptors (Lipinski definition) is 4. The van der Waals surface area contributed by atoms with E-state index in [-0.39, 0.29) is 11.1 Å². The Morgan fingerprint density at radius 3 is 1.38 bits per heavy atom. The summed E-state index contributed by atoms with van der Waals surface area (Å²) in [6.45, 7) is 0. The number of pyridine rings is 2. The minimum atomic E-state index is -0.0590. The van der Waals surface area contributed by atoms with E-state index in [4.69, 9.17) is 9.97 Å². The van der Waals surface area contributed by atoms with Crippen LogP contribution in [-0.4, -0.2) is 18.8 Å². The van der Waals surface area contributed by atoms with Crippen molar-refractivity contribution >= 4 is 76.5 Å². The van der Waals surface area contributed by atoms with Gasteiger partial charge in [-0.1, -0.05) is 48.5 Å². The van der Waals surface area contributed by atoms with Gasteiger partial charge in [-0.25, -0.2) is 9.97 Å². The summed E-state index contributed by atoms with van der Waals surface area (Å²) in [4.78, 5) is 38.6. The molecule has 0 atom stereocenters. The number of hydrogen-bond donors (Lipinski definition) is 0. The molecular formula is C34H18N4O2. The van der Waals surface area contributed by atoms with Gasteiger partial charge in [0.15, 0.2) is 0 Å². The standard InChI is InChI=1S/C34H18N4O2/c39-33-21-15-16-22-30-20(32-36-24-10-2-6-18-8-4-12-26(28(18)24)38(32)34(22)40)14-13-19(29(21)30)31-35-23-9-1-5-17-7-3-11-25(27(17)23)37(31)33/h1-14H,15-16H2. The summed E-state index contributed by atoms with van der Waals surface area (Å²) in [7, 11) is 0. The Bertz CT molecular complexity index is 2550. The lowest BCUT2D eigenvalue weighted by Gasteiger charge is -2.22. The molecule has 10 rings (SSSR count). The molecule has 40 heavy (non-hydrogen) atoms. The van der Waals surface area contributed by atoms with E-state index in [0.29, 0.717) is 24.1 Å². The summed E-state index contributed by atoms with van der Waals surface area (Å²) < 4.78 is 3.55. The lowest BCUT2D eigenvalue weighted by molar-refractivity contribution is 0.907. The van der Waals surface area contributed by atoms with E-state index in [9.17, 15) is 9.59 Å². The Morgan fingerprint density at radius 2 is 0.925 bits per heavy atom. The van der Waals surface area contributed by atoms with Gasteiger partial charge in [0, 0.05) is 43.4 Å². The first-order valence-corrected chi connectivity index (χ1v) is 13.5. The molecule has 4 aromatic heterocycles. The third-order valence-electron chi connectivity index (χ3n) is 8.92. The number of rotatable bonds is 0. The van der Waals surface area contributed by atoms with E-state index >= 15 is 0 Å². The Kier molecular flexibility index (Phi) is 3.50. The molecular weight excluding hydrogens is 496 g/mol. The van der Waals surface area contributed by atoms with Gasteiger partial charge in [0.25, 0.3) is 11.1 Å². The Morgan fingerprint density at radius 1 is 0.500 bits per heavy atom. The zero-order valence-corrected chi connectivity index (χ0v) is 21.1. The molecule has 0 amide bonds. The molecule has 5 aromatic carbocycles. The quantitative estimate of drug-likeness (QED) is 0.180. The monoisotopic (exact) mass is 514 g/mol. The van der Waals surface area contributed by atoms with Crippen molar-refractivity contribution in [2.75, 3.05) is 0 Å². The molecule has 186 valence electrons. The molecule has 0 aliphatic heterocycles. The first-order valence-electron chi connectivity index (χ1n) is 13.5. The fourth-order valence-electron chi connectivity index (χ4n) is 7.29. The molecule has 0 fully saturated rings. The molecule has 0 N–H and O–H groups in total. The maximum atomic E-state index is 14.2. The molecule has 0 saturated heterocycles. The van der Waals surface area contributed by atoms with Crippen molar-refractivity contribution in [3.8, 4) is 0 Å². The molecule has 0 radical (unpaired) electrons. The zero-order chi connectivity index (χ0) is 26.3. The average molecular weight is 515 g/mol. The van der Waals surface area contributed by atoms with Crippen LogP contribution < -0.4 is 11.1 Å². The second-order valence-corrected chi connectivity index (χ2v) is 10.8. The molecule has 1 aliphatic rings. The van der Waals surface area contributed by atoms with Crippen LogP contribution in [0, 0.1) is 0 Å². The van der Waals surface area contributed by atoms with Gasteiger partial charge in [-0.2, -0.15) is 0 Å². The van der Waals surface area contributed by atoms with Crippen LogP contribution in [0.3, 0.4) is 0 Å². The van der Waals surface area contributed by atoms with Crippen LogP contribution in [0.4, 0.5) is 0 Å². The Labute approximate surface area is 224 Å². The normalized spacial score (nSPS) is 13.5.